The van der Waals surface area contributed by atoms with Crippen LogP contribution in [0.15, 0.2) is 16.9 Å². The molecule has 5 aliphatic rings. The Bertz CT molecular complexity index is 936. The predicted octanol–water partition coefficient (Wildman–Crippen LogP) is 0.224. The van der Waals surface area contributed by atoms with Crippen molar-refractivity contribution >= 4 is 11.8 Å². The number of Topliss-reactive ketones (excluding diaryl/α,β-unsaturated/α-hetero) is 1. The number of ether oxygens (including phenoxy) is 1. The van der Waals surface area contributed by atoms with Crippen LogP contribution in [0.1, 0.15) is 40.4 Å². The zero-order valence-electron chi connectivity index (χ0n) is 13.9. The zero-order chi connectivity index (χ0) is 17.9. The van der Waals surface area contributed by atoms with Gasteiger partial charge in [-0.15, -0.1) is 0 Å². The van der Waals surface area contributed by atoms with Crippen molar-refractivity contribution < 1.29 is 24.5 Å². The number of aliphatic hydroxyl groups excluding tert-OH is 1. The lowest BCUT2D eigenvalue weighted by atomic mass is 9.46. The minimum atomic E-state index is -1.58. The van der Waals surface area contributed by atoms with Gasteiger partial charge in [-0.25, -0.2) is 0 Å². The number of carbonyl (C=O) groups is 2. The lowest BCUT2D eigenvalue weighted by Gasteiger charge is -2.63. The smallest absolute Gasteiger partial charge is 0.316 e. The number of carbonyl (C=O) groups excluding carboxylic acids is 2. The van der Waals surface area contributed by atoms with Crippen molar-refractivity contribution in [3.8, 4) is 0 Å². The highest BCUT2D eigenvalue weighted by Gasteiger charge is 2.79. The molecule has 3 fully saturated rings. The van der Waals surface area contributed by atoms with E-state index in [1.165, 1.54) is 12.1 Å². The van der Waals surface area contributed by atoms with E-state index in [0.29, 0.717) is 17.5 Å². The third kappa shape index (κ3) is 1.37. The highest BCUT2D eigenvalue weighted by atomic mass is 16.6. The molecule has 25 heavy (non-hydrogen) atoms. The summed E-state index contributed by atoms with van der Waals surface area (Å²) in [6.45, 7) is 3.46. The number of hydrogen-bond donors (Lipinski definition) is 2. The molecule has 6 heteroatoms. The minimum absolute atomic E-state index is 0.214. The largest absolute Gasteiger partial charge is 0.459 e. The molecule has 1 aromatic carbocycles. The number of esters is 1. The van der Waals surface area contributed by atoms with Gasteiger partial charge in [-0.1, -0.05) is 6.92 Å². The molecule has 0 radical (unpaired) electrons. The summed E-state index contributed by atoms with van der Waals surface area (Å²) in [5.41, 5.74) is -1.33. The van der Waals surface area contributed by atoms with E-state index in [-0.39, 0.29) is 23.2 Å². The lowest BCUT2D eigenvalue weighted by molar-refractivity contribution is -0.298. The van der Waals surface area contributed by atoms with Gasteiger partial charge in [0.1, 0.15) is 17.1 Å². The van der Waals surface area contributed by atoms with Gasteiger partial charge in [0.15, 0.2) is 11.2 Å². The van der Waals surface area contributed by atoms with Gasteiger partial charge >= 0.3 is 5.97 Å². The summed E-state index contributed by atoms with van der Waals surface area (Å²) in [6.07, 6.45) is -1.61. The average molecular weight is 342 g/mol. The predicted molar refractivity (Wildman–Crippen MR) is 85.0 cm³/mol. The van der Waals surface area contributed by atoms with Crippen LogP contribution in [0.3, 0.4) is 0 Å². The Hall–Kier alpha value is -2.05. The molecule has 6 atom stereocenters. The highest BCUT2D eigenvalue weighted by Crippen LogP contribution is 2.68. The summed E-state index contributed by atoms with van der Waals surface area (Å²) in [7, 11) is 0. The second kappa shape index (κ2) is 4.19. The van der Waals surface area contributed by atoms with Crippen LogP contribution in [0.2, 0.25) is 0 Å². The van der Waals surface area contributed by atoms with Gasteiger partial charge in [0.2, 0.25) is 0 Å². The van der Waals surface area contributed by atoms with Crippen LogP contribution in [0.5, 0.6) is 0 Å². The first-order chi connectivity index (χ1) is 11.7. The fourth-order valence-electron chi connectivity index (χ4n) is 5.90. The minimum Gasteiger partial charge on any atom is -0.459 e. The fourth-order valence-corrected chi connectivity index (χ4v) is 5.90. The quantitative estimate of drug-likeness (QED) is 0.654. The number of rotatable bonds is 0. The number of fused-ring (bicyclic) bond motifs is 2. The van der Waals surface area contributed by atoms with E-state index in [0.717, 1.165) is 5.56 Å². The van der Waals surface area contributed by atoms with E-state index in [4.69, 9.17) is 4.74 Å². The van der Waals surface area contributed by atoms with Crippen LogP contribution in [0, 0.1) is 24.2 Å². The topological polar surface area (TPSA) is 101 Å². The van der Waals surface area contributed by atoms with Crippen LogP contribution >= 0.6 is 0 Å². The summed E-state index contributed by atoms with van der Waals surface area (Å²) in [5.74, 6) is -2.09. The van der Waals surface area contributed by atoms with Crippen molar-refractivity contribution in [2.24, 2.45) is 17.3 Å². The second-order valence-corrected chi connectivity index (χ2v) is 7.94. The van der Waals surface area contributed by atoms with Crippen LogP contribution in [0.4, 0.5) is 0 Å². The summed E-state index contributed by atoms with van der Waals surface area (Å²) in [4.78, 5) is 37.8. The van der Waals surface area contributed by atoms with E-state index < -0.39 is 41.0 Å². The molecule has 1 spiro atoms. The van der Waals surface area contributed by atoms with Gasteiger partial charge in [-0.2, -0.15) is 0 Å². The van der Waals surface area contributed by atoms with Gasteiger partial charge < -0.3 is 14.9 Å². The Morgan fingerprint density at radius 2 is 1.96 bits per heavy atom. The Morgan fingerprint density at radius 3 is 2.68 bits per heavy atom. The zero-order valence-corrected chi connectivity index (χ0v) is 13.9. The molecule has 1 aromatic rings. The maximum Gasteiger partial charge on any atom is 0.316 e. The van der Waals surface area contributed by atoms with Gasteiger partial charge in [-0.05, 0) is 42.2 Å². The van der Waals surface area contributed by atoms with Crippen molar-refractivity contribution in [1.82, 2.24) is 0 Å². The molecule has 6 rings (SSSR count). The van der Waals surface area contributed by atoms with Crippen LogP contribution in [-0.2, 0) is 21.6 Å². The van der Waals surface area contributed by atoms with Gasteiger partial charge in [0, 0.05) is 23.8 Å². The van der Waals surface area contributed by atoms with E-state index in [9.17, 15) is 24.6 Å². The fraction of sp³-hybridized carbons (Fsp3) is 0.526. The Balaban J connectivity index is 1.96. The molecule has 2 bridgehead atoms. The number of aryl methyl sites for hydroxylation is 1. The first-order valence-electron chi connectivity index (χ1n) is 8.56. The van der Waals surface area contributed by atoms with Crippen molar-refractivity contribution in [1.29, 1.82) is 0 Å². The molecular formula is C19H18O6. The molecule has 0 amide bonds. The van der Waals surface area contributed by atoms with Crippen LogP contribution < -0.4 is 5.43 Å². The Labute approximate surface area is 143 Å². The molecule has 130 valence electrons. The van der Waals surface area contributed by atoms with Crippen LogP contribution in [0.25, 0.3) is 0 Å². The molecule has 2 unspecified atom stereocenters. The summed E-state index contributed by atoms with van der Waals surface area (Å²) >= 11 is 0. The monoisotopic (exact) mass is 342 g/mol. The molecule has 2 saturated heterocycles. The third-order valence-electron chi connectivity index (χ3n) is 7.08. The second-order valence-electron chi connectivity index (χ2n) is 7.94. The number of hydrogen-bond acceptors (Lipinski definition) is 6. The van der Waals surface area contributed by atoms with Crippen molar-refractivity contribution in [3.63, 3.8) is 0 Å². The average Bonchev–Trinajstić information content (AvgIpc) is 2.79. The molecule has 3 aliphatic carbocycles. The number of ketones is 1. The molecule has 0 aromatic heterocycles. The molecule has 2 N–H and O–H groups in total. The van der Waals surface area contributed by atoms with Gasteiger partial charge in [0.05, 0.1) is 6.10 Å². The summed E-state index contributed by atoms with van der Waals surface area (Å²) in [5, 5.41) is 22.5. The first kappa shape index (κ1) is 15.2. The van der Waals surface area contributed by atoms with Gasteiger partial charge in [-0.3, -0.25) is 14.4 Å². The van der Waals surface area contributed by atoms with Crippen molar-refractivity contribution in [2.75, 3.05) is 0 Å². The molecule has 2 aliphatic heterocycles. The van der Waals surface area contributed by atoms with E-state index in [2.05, 4.69) is 0 Å². The Kier molecular flexibility index (Phi) is 2.55. The number of aliphatic hydroxyl groups is 2. The Morgan fingerprint density at radius 1 is 1.24 bits per heavy atom. The molecule has 2 heterocycles. The molecule has 6 nitrogen and oxygen atoms in total. The van der Waals surface area contributed by atoms with Gasteiger partial charge in [0.25, 0.3) is 0 Å². The lowest BCUT2D eigenvalue weighted by Crippen LogP contribution is -2.75. The standard InChI is InChI=1S/C19H18O6/c1-7-3-9(20)4-11-13(21)6-18-8(2)15(22)16(25-17(18)23)12-5-10(7)14(11)19(12,18)24/h3-4,8,12,15-16,22,24H,5-6H2,1-2H3/t8?,12-,15?,16-,18+,19-/m1/s1. The normalized spacial score (nSPS) is 43.0. The van der Waals surface area contributed by atoms with Crippen LogP contribution in [-0.4, -0.2) is 34.2 Å². The van der Waals surface area contributed by atoms with E-state index in [1.807, 2.05) is 0 Å². The summed E-state index contributed by atoms with van der Waals surface area (Å²) < 4.78 is 5.47. The van der Waals surface area contributed by atoms with E-state index >= 15 is 0 Å². The molecule has 1 saturated carbocycles. The maximum atomic E-state index is 12.9. The highest BCUT2D eigenvalue weighted by molar-refractivity contribution is 6.04. The first-order valence-corrected chi connectivity index (χ1v) is 8.56. The van der Waals surface area contributed by atoms with Crippen molar-refractivity contribution in [3.05, 3.63) is 44.6 Å². The third-order valence-corrected chi connectivity index (χ3v) is 7.08. The van der Waals surface area contributed by atoms with Crippen molar-refractivity contribution in [2.45, 2.75) is 44.5 Å². The van der Waals surface area contributed by atoms with E-state index in [1.54, 1.807) is 13.8 Å². The molecular weight excluding hydrogens is 324 g/mol. The maximum absolute atomic E-state index is 12.9. The summed E-state index contributed by atoms with van der Waals surface area (Å²) in [6, 6.07) is 2.73. The SMILES string of the molecule is Cc1cc(=O)cc2c3c1C[C@@H]1[C@H]4OC(=O)[C@](CC2=O)(C(C)C4O)[C@]31O.